The van der Waals surface area contributed by atoms with Crippen molar-refractivity contribution in [2.75, 3.05) is 36.5 Å². The fraction of sp³-hybridized carbons (Fsp3) is 0.625. The van der Waals surface area contributed by atoms with Gasteiger partial charge in [-0.15, -0.1) is 0 Å². The molecule has 3 aliphatic heterocycles. The second-order valence-corrected chi connectivity index (χ2v) is 11.2. The third-order valence-electron chi connectivity index (χ3n) is 8.13. The number of nitrogens with one attached hydrogen (secondary N) is 1. The van der Waals surface area contributed by atoms with Gasteiger partial charge in [0, 0.05) is 30.7 Å². The van der Waals surface area contributed by atoms with Crippen LogP contribution in [0.15, 0.2) is 28.4 Å². The molecule has 2 atom stereocenters. The predicted molar refractivity (Wildman–Crippen MR) is 129 cm³/mol. The molecule has 0 unspecified atom stereocenters. The lowest BCUT2D eigenvalue weighted by atomic mass is 9.73. The monoisotopic (exact) mass is 484 g/mol. The maximum absolute atomic E-state index is 10.1. The largest absolute Gasteiger partial charge is 0.486 e. The van der Waals surface area contributed by atoms with E-state index in [1.165, 1.54) is 18.2 Å². The van der Waals surface area contributed by atoms with E-state index in [1.54, 1.807) is 12.4 Å². The Balaban J connectivity index is 1.18. The third kappa shape index (κ3) is 3.71. The van der Waals surface area contributed by atoms with E-state index in [9.17, 15) is 5.11 Å². The van der Waals surface area contributed by atoms with Crippen LogP contribution in [0, 0.1) is 5.41 Å². The number of pyridine rings is 1. The number of nitrogens with two attached hydrogens (primary N) is 1. The summed E-state index contributed by atoms with van der Waals surface area (Å²) >= 11 is 1.49. The van der Waals surface area contributed by atoms with Crippen molar-refractivity contribution in [2.24, 2.45) is 11.1 Å². The highest BCUT2D eigenvalue weighted by atomic mass is 32.2. The minimum absolute atomic E-state index is 0.0467. The van der Waals surface area contributed by atoms with Crippen molar-refractivity contribution in [3.05, 3.63) is 24.2 Å². The minimum atomic E-state index is -0.160. The molecule has 1 saturated carbocycles. The van der Waals surface area contributed by atoms with Gasteiger partial charge in [-0.2, -0.15) is 0 Å². The van der Waals surface area contributed by atoms with Crippen LogP contribution in [0.3, 0.4) is 0 Å². The molecule has 0 amide bonds. The molecule has 3 fully saturated rings. The fourth-order valence-corrected chi connectivity index (χ4v) is 6.55. The molecule has 4 N–H and O–H groups in total. The van der Waals surface area contributed by atoms with Crippen LogP contribution in [0.4, 0.5) is 11.6 Å². The molecule has 2 aromatic heterocycles. The summed E-state index contributed by atoms with van der Waals surface area (Å²) in [5, 5.41) is 14.4. The number of hydrogen-bond acceptors (Lipinski definition) is 10. The van der Waals surface area contributed by atoms with Crippen molar-refractivity contribution in [2.45, 2.75) is 73.2 Å². The van der Waals surface area contributed by atoms with Crippen LogP contribution in [-0.2, 0) is 11.3 Å². The van der Waals surface area contributed by atoms with Gasteiger partial charge in [-0.1, -0.05) is 11.8 Å². The van der Waals surface area contributed by atoms with Gasteiger partial charge in [0.15, 0.2) is 17.4 Å². The van der Waals surface area contributed by atoms with Gasteiger partial charge in [-0.05, 0) is 45.1 Å². The number of anilines is 2. The molecule has 0 aromatic carbocycles. The molecule has 0 bridgehead atoms. The summed E-state index contributed by atoms with van der Waals surface area (Å²) in [5.74, 6) is 2.32. The van der Waals surface area contributed by atoms with Crippen molar-refractivity contribution >= 4 is 23.4 Å². The Morgan fingerprint density at radius 3 is 2.74 bits per heavy atom. The molecular formula is C24H32N6O3S. The Kier molecular flexibility index (Phi) is 5.59. The van der Waals surface area contributed by atoms with E-state index in [-0.39, 0.29) is 29.7 Å². The van der Waals surface area contributed by atoms with Crippen molar-refractivity contribution in [1.29, 1.82) is 0 Å². The number of aliphatic hydroxyl groups excluding tert-OH is 1. The molecule has 4 aliphatic rings. The Hall–Kier alpha value is -2.14. The van der Waals surface area contributed by atoms with Crippen LogP contribution in [0.2, 0.25) is 0 Å². The Labute approximate surface area is 203 Å². The van der Waals surface area contributed by atoms with Gasteiger partial charge in [0.05, 0.1) is 35.9 Å². The van der Waals surface area contributed by atoms with Gasteiger partial charge in [0.25, 0.3) is 0 Å². The zero-order valence-corrected chi connectivity index (χ0v) is 20.3. The number of nitrogens with zero attached hydrogens (tertiary/aromatic N) is 4. The molecule has 2 spiro atoms. The highest BCUT2D eigenvalue weighted by Gasteiger charge is 2.48. The van der Waals surface area contributed by atoms with Gasteiger partial charge < -0.3 is 30.5 Å². The van der Waals surface area contributed by atoms with Gasteiger partial charge in [-0.3, -0.25) is 0 Å². The first-order valence-corrected chi connectivity index (χ1v) is 13.0. The maximum Gasteiger partial charge on any atom is 0.175 e. The number of rotatable bonds is 4. The van der Waals surface area contributed by atoms with Crippen molar-refractivity contribution in [3.63, 3.8) is 0 Å². The number of aliphatic hydroxyl groups is 1. The molecular weight excluding hydrogens is 452 g/mol. The van der Waals surface area contributed by atoms with Gasteiger partial charge in [-0.25, -0.2) is 15.0 Å². The van der Waals surface area contributed by atoms with Crippen molar-refractivity contribution in [1.82, 2.24) is 15.0 Å². The summed E-state index contributed by atoms with van der Waals surface area (Å²) in [6.07, 6.45) is 9.06. The molecule has 34 heavy (non-hydrogen) atoms. The van der Waals surface area contributed by atoms with Crippen LogP contribution < -0.4 is 20.7 Å². The number of piperidine rings is 1. The molecule has 10 heteroatoms. The third-order valence-corrected chi connectivity index (χ3v) is 9.07. The quantitative estimate of drug-likeness (QED) is 0.597. The van der Waals surface area contributed by atoms with Crippen LogP contribution >= 0.6 is 11.8 Å². The standard InChI is InChI=1S/C24H32N6O3S/c1-15-20(25)23(13-32-15)6-9-30(10-7-23)22-16(12-31)28-18(11-27-22)34-17-3-8-26-21-19(17)33-14-24(29-21)4-2-5-24/h3,8,11,15,20,31H,2,4-7,9-10,12-14,25H2,1H3,(H,26,29)/t15-,20+/m0/s1. The van der Waals surface area contributed by atoms with Gasteiger partial charge in [0.2, 0.25) is 0 Å². The second-order valence-electron chi connectivity index (χ2n) is 10.2. The highest BCUT2D eigenvalue weighted by Crippen LogP contribution is 2.46. The fourth-order valence-electron chi connectivity index (χ4n) is 5.68. The molecule has 0 radical (unpaired) electrons. The summed E-state index contributed by atoms with van der Waals surface area (Å²) in [6, 6.07) is 2.01. The Morgan fingerprint density at radius 1 is 1.24 bits per heavy atom. The normalized spacial score (nSPS) is 26.6. The minimum Gasteiger partial charge on any atom is -0.486 e. The SMILES string of the molecule is C[C@@H]1OCC2(CCN(c3ncc(Sc4ccnc5c4OCC4(CCC4)N5)nc3CO)CC2)[C@@H]1N. The number of fused-ring (bicyclic) bond motifs is 1. The highest BCUT2D eigenvalue weighted by molar-refractivity contribution is 7.99. The predicted octanol–water partition coefficient (Wildman–Crippen LogP) is 2.57. The summed E-state index contributed by atoms with van der Waals surface area (Å²) in [6.45, 7) is 4.95. The molecule has 9 nitrogen and oxygen atoms in total. The molecule has 2 saturated heterocycles. The first-order chi connectivity index (χ1) is 16.5. The van der Waals surface area contributed by atoms with Crippen LogP contribution in [-0.4, -0.2) is 64.0 Å². The van der Waals surface area contributed by atoms with E-state index in [0.717, 1.165) is 72.7 Å². The van der Waals surface area contributed by atoms with Crippen LogP contribution in [0.1, 0.15) is 44.7 Å². The maximum atomic E-state index is 10.1. The average Bonchev–Trinajstić information content (AvgIpc) is 3.12. The lowest BCUT2D eigenvalue weighted by molar-refractivity contribution is 0.0973. The Bertz CT molecular complexity index is 1070. The van der Waals surface area contributed by atoms with E-state index < -0.39 is 0 Å². The van der Waals surface area contributed by atoms with Crippen molar-refractivity contribution in [3.8, 4) is 5.75 Å². The van der Waals surface area contributed by atoms with Gasteiger partial charge >= 0.3 is 0 Å². The molecule has 6 rings (SSSR count). The lowest BCUT2D eigenvalue weighted by Gasteiger charge is -2.45. The number of aromatic nitrogens is 3. The molecule has 2 aromatic rings. The van der Waals surface area contributed by atoms with E-state index in [1.807, 2.05) is 6.07 Å². The summed E-state index contributed by atoms with van der Waals surface area (Å²) < 4.78 is 12.0. The summed E-state index contributed by atoms with van der Waals surface area (Å²) in [4.78, 5) is 17.1. The molecule has 5 heterocycles. The van der Waals surface area contributed by atoms with Crippen LogP contribution in [0.5, 0.6) is 5.75 Å². The Morgan fingerprint density at radius 2 is 2.06 bits per heavy atom. The zero-order chi connectivity index (χ0) is 23.3. The van der Waals surface area contributed by atoms with Crippen LogP contribution in [0.25, 0.3) is 0 Å². The van der Waals surface area contributed by atoms with Gasteiger partial charge in [0.1, 0.15) is 17.3 Å². The molecule has 1 aliphatic carbocycles. The lowest BCUT2D eigenvalue weighted by Crippen LogP contribution is -2.52. The average molecular weight is 485 g/mol. The van der Waals surface area contributed by atoms with E-state index in [2.05, 4.69) is 22.1 Å². The zero-order valence-electron chi connectivity index (χ0n) is 19.5. The summed E-state index contributed by atoms with van der Waals surface area (Å²) in [7, 11) is 0. The van der Waals surface area contributed by atoms with Crippen molar-refractivity contribution < 1.29 is 14.6 Å². The number of ether oxygens (including phenoxy) is 2. The first kappa shape index (κ1) is 22.3. The van der Waals surface area contributed by atoms with E-state index in [0.29, 0.717) is 12.3 Å². The number of hydrogen-bond donors (Lipinski definition) is 3. The smallest absolute Gasteiger partial charge is 0.175 e. The molecule has 182 valence electrons. The van der Waals surface area contributed by atoms with E-state index in [4.69, 9.17) is 25.2 Å². The topological polar surface area (TPSA) is 119 Å². The van der Waals surface area contributed by atoms with E-state index >= 15 is 0 Å². The second kappa shape index (κ2) is 8.51. The first-order valence-electron chi connectivity index (χ1n) is 12.2. The summed E-state index contributed by atoms with van der Waals surface area (Å²) in [5.41, 5.74) is 7.15.